The maximum atomic E-state index is 14.1. The molecule has 42 heavy (non-hydrogen) atoms. The number of alkyl halides is 3. The second-order valence-corrected chi connectivity index (χ2v) is 9.36. The molecule has 1 amide bonds. The van der Waals surface area contributed by atoms with E-state index in [0.29, 0.717) is 59.1 Å². The van der Waals surface area contributed by atoms with E-state index in [9.17, 15) is 22.4 Å². The Morgan fingerprint density at radius 1 is 1.00 bits per heavy atom. The number of halogens is 4. The number of pyridine rings is 1. The van der Waals surface area contributed by atoms with Crippen molar-refractivity contribution in [2.24, 2.45) is 0 Å². The highest BCUT2D eigenvalue weighted by Crippen LogP contribution is 2.36. The summed E-state index contributed by atoms with van der Waals surface area (Å²) in [6.07, 6.45) is -0.934. The Morgan fingerprint density at radius 2 is 1.83 bits per heavy atom. The fourth-order valence-electron chi connectivity index (χ4n) is 4.35. The maximum absolute atomic E-state index is 14.1. The predicted octanol–water partition coefficient (Wildman–Crippen LogP) is 6.59. The lowest BCUT2D eigenvalue weighted by Crippen LogP contribution is -2.14. The van der Waals surface area contributed by atoms with Gasteiger partial charge in [0.15, 0.2) is 11.4 Å². The fraction of sp³-hybridized carbons (Fsp3) is 0.200. The smallest absolute Gasteiger partial charge is 0.416 e. The van der Waals surface area contributed by atoms with Gasteiger partial charge in [-0.2, -0.15) is 18.3 Å². The maximum Gasteiger partial charge on any atom is 0.416 e. The number of anilines is 1. The topological polar surface area (TPSA) is 90.6 Å². The zero-order chi connectivity index (χ0) is 29.9. The number of nitrogens with zero attached hydrogens (tertiary/aromatic N) is 4. The molecule has 12 heteroatoms. The first kappa shape index (κ1) is 28.7. The summed E-state index contributed by atoms with van der Waals surface area (Å²) < 4.78 is 66.2. The number of aryl methyl sites for hydroxylation is 1. The Labute approximate surface area is 238 Å². The van der Waals surface area contributed by atoms with Crippen molar-refractivity contribution in [2.45, 2.75) is 19.5 Å². The Kier molecular flexibility index (Phi) is 8.16. The van der Waals surface area contributed by atoms with Gasteiger partial charge in [-0.25, -0.2) is 18.9 Å². The third kappa shape index (κ3) is 6.08. The van der Waals surface area contributed by atoms with E-state index >= 15 is 0 Å². The summed E-state index contributed by atoms with van der Waals surface area (Å²) in [5.74, 6) is -0.561. The second kappa shape index (κ2) is 12.0. The van der Waals surface area contributed by atoms with Crippen LogP contribution < -0.4 is 10.1 Å². The van der Waals surface area contributed by atoms with Crippen molar-refractivity contribution in [3.63, 3.8) is 0 Å². The van der Waals surface area contributed by atoms with E-state index in [1.54, 1.807) is 55.1 Å². The summed E-state index contributed by atoms with van der Waals surface area (Å²) >= 11 is 0. The number of rotatable bonds is 9. The van der Waals surface area contributed by atoms with Crippen molar-refractivity contribution in [1.82, 2.24) is 19.6 Å². The molecule has 0 saturated heterocycles. The van der Waals surface area contributed by atoms with Gasteiger partial charge in [0.1, 0.15) is 17.3 Å². The standard InChI is InChI=1S/C30H25F4N5O3/c1-18-15-19(7-8-23(18)31)26-27(39-28(38-26)24(10-12-36-39)42-14-4-13-41-2)20-9-11-35-25(17-20)37-29(40)21-5-3-6-22(16-21)30(32,33)34/h3,5-12,15-17H,4,13-14H2,1-2H3,(H,35,37,40). The van der Waals surface area contributed by atoms with E-state index in [2.05, 4.69) is 15.4 Å². The summed E-state index contributed by atoms with van der Waals surface area (Å²) in [5, 5.41) is 7.04. The lowest BCUT2D eigenvalue weighted by Gasteiger charge is -2.11. The lowest BCUT2D eigenvalue weighted by molar-refractivity contribution is -0.137. The second-order valence-electron chi connectivity index (χ2n) is 9.36. The monoisotopic (exact) mass is 579 g/mol. The van der Waals surface area contributed by atoms with E-state index in [-0.39, 0.29) is 17.2 Å². The quantitative estimate of drug-likeness (QED) is 0.157. The number of ether oxygens (including phenoxy) is 2. The first-order chi connectivity index (χ1) is 20.2. The van der Waals surface area contributed by atoms with Crippen molar-refractivity contribution in [2.75, 3.05) is 25.6 Å². The van der Waals surface area contributed by atoms with Gasteiger partial charge in [-0.05, 0) is 61.0 Å². The highest BCUT2D eigenvalue weighted by Gasteiger charge is 2.31. The van der Waals surface area contributed by atoms with Gasteiger partial charge in [0.2, 0.25) is 0 Å². The number of hydrogen-bond donors (Lipinski definition) is 1. The Balaban J connectivity index is 1.56. The molecule has 5 rings (SSSR count). The van der Waals surface area contributed by atoms with Gasteiger partial charge in [0.05, 0.1) is 24.1 Å². The van der Waals surface area contributed by atoms with Gasteiger partial charge in [-0.3, -0.25) is 4.79 Å². The molecule has 3 aromatic heterocycles. The summed E-state index contributed by atoms with van der Waals surface area (Å²) in [7, 11) is 1.60. The van der Waals surface area contributed by atoms with Gasteiger partial charge in [-0.1, -0.05) is 6.07 Å². The number of carbonyl (C=O) groups excluding carboxylic acids is 1. The molecule has 8 nitrogen and oxygen atoms in total. The number of benzene rings is 2. The Hall–Kier alpha value is -4.84. The molecule has 0 radical (unpaired) electrons. The van der Waals surface area contributed by atoms with Crippen molar-refractivity contribution in [3.8, 4) is 28.3 Å². The molecule has 0 unspecified atom stereocenters. The average Bonchev–Trinajstić information content (AvgIpc) is 3.37. The summed E-state index contributed by atoms with van der Waals surface area (Å²) in [6, 6.07) is 13.6. The molecule has 3 heterocycles. The minimum atomic E-state index is -4.59. The van der Waals surface area contributed by atoms with Crippen LogP contribution in [-0.4, -0.2) is 45.8 Å². The largest absolute Gasteiger partial charge is 0.489 e. The molecule has 1 N–H and O–H groups in total. The molecule has 0 bridgehead atoms. The van der Waals surface area contributed by atoms with Crippen molar-refractivity contribution in [3.05, 3.63) is 95.6 Å². The molecule has 0 aliphatic rings. The predicted molar refractivity (Wildman–Crippen MR) is 148 cm³/mol. The van der Waals surface area contributed by atoms with E-state index in [0.717, 1.165) is 18.2 Å². The van der Waals surface area contributed by atoms with E-state index in [4.69, 9.17) is 14.5 Å². The van der Waals surface area contributed by atoms with Gasteiger partial charge in [-0.15, -0.1) is 0 Å². The summed E-state index contributed by atoms with van der Waals surface area (Å²) in [4.78, 5) is 21.8. The highest BCUT2D eigenvalue weighted by atomic mass is 19.4. The van der Waals surface area contributed by atoms with Crippen LogP contribution in [0.25, 0.3) is 28.2 Å². The first-order valence-corrected chi connectivity index (χ1v) is 12.9. The number of amides is 1. The van der Waals surface area contributed by atoms with Crippen molar-refractivity contribution < 1.29 is 31.8 Å². The molecule has 0 aliphatic carbocycles. The van der Waals surface area contributed by atoms with Crippen molar-refractivity contribution >= 4 is 17.4 Å². The average molecular weight is 580 g/mol. The number of aromatic nitrogens is 4. The molecule has 0 fully saturated rings. The molecule has 0 spiro atoms. The van der Waals surface area contributed by atoms with Crippen LogP contribution >= 0.6 is 0 Å². The normalized spacial score (nSPS) is 11.6. The summed E-state index contributed by atoms with van der Waals surface area (Å²) in [6.45, 7) is 2.54. The number of fused-ring (bicyclic) bond motifs is 1. The van der Waals surface area contributed by atoms with Crippen LogP contribution in [0.5, 0.6) is 5.75 Å². The summed E-state index contributed by atoms with van der Waals surface area (Å²) in [5.41, 5.74) is 1.86. The third-order valence-electron chi connectivity index (χ3n) is 6.39. The number of hydrogen-bond acceptors (Lipinski definition) is 6. The van der Waals surface area contributed by atoms with Crippen LogP contribution in [0.1, 0.15) is 27.9 Å². The molecule has 5 aromatic rings. The van der Waals surface area contributed by atoms with Crippen molar-refractivity contribution in [1.29, 1.82) is 0 Å². The SMILES string of the molecule is COCCCOc1ccnn2c(-c3ccnc(NC(=O)c4cccc(C(F)(F)F)c4)c3)c(-c3ccc(F)c(C)c3)nc12. The van der Waals surface area contributed by atoms with Crippen LogP contribution in [0.4, 0.5) is 23.4 Å². The molecule has 216 valence electrons. The molecular formula is C30H25F4N5O3. The number of nitrogens with one attached hydrogen (secondary N) is 1. The highest BCUT2D eigenvalue weighted by molar-refractivity contribution is 6.04. The number of imidazole rings is 1. The Bertz CT molecular complexity index is 1750. The van der Waals surface area contributed by atoms with Gasteiger partial charge in [0.25, 0.3) is 5.91 Å². The fourth-order valence-corrected chi connectivity index (χ4v) is 4.35. The van der Waals surface area contributed by atoms with Crippen LogP contribution in [0, 0.1) is 12.7 Å². The first-order valence-electron chi connectivity index (χ1n) is 12.9. The zero-order valence-corrected chi connectivity index (χ0v) is 22.6. The van der Waals surface area contributed by atoms with E-state index in [1.807, 2.05) is 0 Å². The molecule has 0 atom stereocenters. The minimum absolute atomic E-state index is 0.0954. The van der Waals surface area contributed by atoms with Crippen LogP contribution in [0.15, 0.2) is 73.1 Å². The van der Waals surface area contributed by atoms with Crippen LogP contribution in [-0.2, 0) is 10.9 Å². The zero-order valence-electron chi connectivity index (χ0n) is 22.6. The molecular weight excluding hydrogens is 554 g/mol. The van der Waals surface area contributed by atoms with Crippen LogP contribution in [0.2, 0.25) is 0 Å². The minimum Gasteiger partial charge on any atom is -0.489 e. The van der Waals surface area contributed by atoms with Gasteiger partial charge in [0, 0.05) is 49.1 Å². The van der Waals surface area contributed by atoms with Gasteiger partial charge < -0.3 is 14.8 Å². The Morgan fingerprint density at radius 3 is 2.60 bits per heavy atom. The third-order valence-corrected chi connectivity index (χ3v) is 6.39. The van der Waals surface area contributed by atoms with Crippen LogP contribution in [0.3, 0.4) is 0 Å². The van der Waals surface area contributed by atoms with E-state index in [1.165, 1.54) is 18.3 Å². The molecule has 0 aliphatic heterocycles. The number of methoxy groups -OCH3 is 1. The van der Waals surface area contributed by atoms with Gasteiger partial charge >= 0.3 is 6.18 Å². The number of carbonyl (C=O) groups is 1. The molecule has 0 saturated carbocycles. The molecule has 2 aromatic carbocycles. The van der Waals surface area contributed by atoms with E-state index < -0.39 is 17.6 Å². The lowest BCUT2D eigenvalue weighted by atomic mass is 10.0.